The lowest BCUT2D eigenvalue weighted by Gasteiger charge is -2.26. The molecule has 7 heteroatoms. The smallest absolute Gasteiger partial charge is 0.181 e. The number of rotatable bonds is 8. The minimum Gasteiger partial charge on any atom is -0.367 e. The highest BCUT2D eigenvalue weighted by atomic mass is 32.1. The van der Waals surface area contributed by atoms with E-state index in [0.717, 1.165) is 43.6 Å². The Labute approximate surface area is 205 Å². The predicted octanol–water partition coefficient (Wildman–Crippen LogP) is 5.95. The molecule has 4 atom stereocenters. The molecule has 0 radical (unpaired) electrons. The van der Waals surface area contributed by atoms with E-state index in [1.807, 2.05) is 22.1 Å². The van der Waals surface area contributed by atoms with E-state index in [0.29, 0.717) is 29.1 Å². The number of aromatic nitrogens is 4. The molecule has 34 heavy (non-hydrogen) atoms. The van der Waals surface area contributed by atoms with Crippen molar-refractivity contribution in [2.24, 2.45) is 17.8 Å². The van der Waals surface area contributed by atoms with Gasteiger partial charge in [0.15, 0.2) is 5.82 Å². The normalized spacial score (nSPS) is 22.7. The second kappa shape index (κ2) is 9.50. The number of thiazole rings is 1. The van der Waals surface area contributed by atoms with Crippen LogP contribution in [0.15, 0.2) is 18.2 Å². The van der Waals surface area contributed by atoms with E-state index in [-0.39, 0.29) is 18.0 Å². The highest BCUT2D eigenvalue weighted by Gasteiger charge is 2.46. The number of benzene rings is 1. The first kappa shape index (κ1) is 23.6. The minimum atomic E-state index is -0.199. The first-order chi connectivity index (χ1) is 16.3. The quantitative estimate of drug-likeness (QED) is 0.372. The van der Waals surface area contributed by atoms with Crippen molar-refractivity contribution in [3.8, 4) is 11.4 Å². The fourth-order valence-corrected chi connectivity index (χ4v) is 6.29. The molecule has 3 heterocycles. The number of ether oxygens (including phenoxy) is 1. The van der Waals surface area contributed by atoms with Crippen molar-refractivity contribution in [2.75, 3.05) is 0 Å². The molecule has 1 aliphatic carbocycles. The number of epoxide rings is 1. The second-order valence-electron chi connectivity index (χ2n) is 10.5. The lowest BCUT2D eigenvalue weighted by atomic mass is 9.80. The standard InChI is InChI=1S/C27H35FN4OS/c1-15(2)6-11-25-30-27(20-7-9-21(28)16(3)12-20)31-32(25)14-23-26(33-23)17(4)19-8-10-22-24(13-19)34-18(5)29-22/h7,9,12,15,17,19,23,26H,6,8,10-11,13-14H2,1-5H3. The third kappa shape index (κ3) is 4.96. The van der Waals surface area contributed by atoms with Gasteiger partial charge < -0.3 is 4.74 Å². The van der Waals surface area contributed by atoms with Crippen molar-refractivity contribution < 1.29 is 9.13 Å². The van der Waals surface area contributed by atoms with Gasteiger partial charge in [-0.1, -0.05) is 20.8 Å². The fraction of sp³-hybridized carbons (Fsp3) is 0.593. The summed E-state index contributed by atoms with van der Waals surface area (Å²) in [5, 5.41) is 6.03. The molecule has 0 bridgehead atoms. The maximum absolute atomic E-state index is 13.8. The summed E-state index contributed by atoms with van der Waals surface area (Å²) in [6, 6.07) is 5.10. The Kier molecular flexibility index (Phi) is 6.60. The number of halogens is 1. The average molecular weight is 483 g/mol. The monoisotopic (exact) mass is 482 g/mol. The van der Waals surface area contributed by atoms with E-state index in [1.54, 1.807) is 13.0 Å². The lowest BCUT2D eigenvalue weighted by Crippen LogP contribution is -2.25. The van der Waals surface area contributed by atoms with Gasteiger partial charge in [0.05, 0.1) is 23.4 Å². The highest BCUT2D eigenvalue weighted by Crippen LogP contribution is 2.41. The Morgan fingerprint density at radius 2 is 2.03 bits per heavy atom. The van der Waals surface area contributed by atoms with Crippen LogP contribution in [0, 0.1) is 37.4 Å². The van der Waals surface area contributed by atoms with Crippen molar-refractivity contribution in [2.45, 2.75) is 85.5 Å². The summed E-state index contributed by atoms with van der Waals surface area (Å²) < 4.78 is 22.0. The molecule has 2 aliphatic rings. The lowest BCUT2D eigenvalue weighted by molar-refractivity contribution is 0.243. The van der Waals surface area contributed by atoms with Gasteiger partial charge in [0, 0.05) is 16.9 Å². The molecule has 1 saturated heterocycles. The first-order valence-electron chi connectivity index (χ1n) is 12.6. The molecule has 0 spiro atoms. The Balaban J connectivity index is 1.29. The van der Waals surface area contributed by atoms with E-state index in [2.05, 4.69) is 27.7 Å². The van der Waals surface area contributed by atoms with Gasteiger partial charge in [-0.05, 0) is 81.0 Å². The number of nitrogens with zero attached hydrogens (tertiary/aromatic N) is 4. The largest absolute Gasteiger partial charge is 0.367 e. The number of aryl methyl sites for hydroxylation is 4. The highest BCUT2D eigenvalue weighted by molar-refractivity contribution is 7.11. The van der Waals surface area contributed by atoms with Crippen LogP contribution in [0.3, 0.4) is 0 Å². The van der Waals surface area contributed by atoms with E-state index < -0.39 is 0 Å². The molecular formula is C27H35FN4OS. The van der Waals surface area contributed by atoms with E-state index in [4.69, 9.17) is 19.8 Å². The minimum absolute atomic E-state index is 0.182. The van der Waals surface area contributed by atoms with E-state index >= 15 is 0 Å². The molecule has 0 amide bonds. The molecule has 0 saturated carbocycles. The summed E-state index contributed by atoms with van der Waals surface area (Å²) in [5.41, 5.74) is 2.80. The van der Waals surface area contributed by atoms with Gasteiger partial charge in [0.1, 0.15) is 17.7 Å². The van der Waals surface area contributed by atoms with Crippen molar-refractivity contribution in [1.29, 1.82) is 0 Å². The third-order valence-electron chi connectivity index (χ3n) is 7.43. The van der Waals surface area contributed by atoms with E-state index in [1.165, 1.54) is 28.1 Å². The Hall–Kier alpha value is -2.12. The molecule has 1 aliphatic heterocycles. The van der Waals surface area contributed by atoms with Crippen LogP contribution < -0.4 is 0 Å². The van der Waals surface area contributed by atoms with Crippen LogP contribution in [0.2, 0.25) is 0 Å². The average Bonchev–Trinajstić information content (AvgIpc) is 3.27. The summed E-state index contributed by atoms with van der Waals surface area (Å²) >= 11 is 1.86. The molecule has 0 N–H and O–H groups in total. The summed E-state index contributed by atoms with van der Waals surface area (Å²) in [5.74, 6) is 3.23. The van der Waals surface area contributed by atoms with Gasteiger partial charge in [0.25, 0.3) is 0 Å². The van der Waals surface area contributed by atoms with Crippen LogP contribution in [0.25, 0.3) is 11.4 Å². The van der Waals surface area contributed by atoms with Crippen molar-refractivity contribution in [3.63, 3.8) is 0 Å². The molecule has 1 fully saturated rings. The van der Waals surface area contributed by atoms with Gasteiger partial charge in [-0.15, -0.1) is 11.3 Å². The Morgan fingerprint density at radius 1 is 1.21 bits per heavy atom. The molecule has 5 rings (SSSR count). The third-order valence-corrected chi connectivity index (χ3v) is 8.47. The second-order valence-corrected chi connectivity index (χ2v) is 11.8. The van der Waals surface area contributed by atoms with Gasteiger partial charge in [-0.2, -0.15) is 5.10 Å². The van der Waals surface area contributed by atoms with Crippen LogP contribution >= 0.6 is 11.3 Å². The van der Waals surface area contributed by atoms with Gasteiger partial charge >= 0.3 is 0 Å². The Bertz CT molecular complexity index is 1170. The zero-order valence-corrected chi connectivity index (χ0v) is 21.7. The zero-order chi connectivity index (χ0) is 24.0. The van der Waals surface area contributed by atoms with Crippen molar-refractivity contribution in [3.05, 3.63) is 51.0 Å². The molecule has 1 aromatic carbocycles. The van der Waals surface area contributed by atoms with Crippen LogP contribution in [-0.2, 0) is 30.5 Å². The first-order valence-corrected chi connectivity index (χ1v) is 13.4. The molecular weight excluding hydrogens is 447 g/mol. The zero-order valence-electron chi connectivity index (χ0n) is 20.8. The SMILES string of the molecule is Cc1nc2c(s1)CC(C(C)C1OC1Cn1nc(-c3ccc(F)c(C)c3)nc1CCC(C)C)CC2. The van der Waals surface area contributed by atoms with Gasteiger partial charge in [-0.25, -0.2) is 19.0 Å². The van der Waals surface area contributed by atoms with Gasteiger partial charge in [-0.3, -0.25) is 0 Å². The summed E-state index contributed by atoms with van der Waals surface area (Å²) in [4.78, 5) is 11.0. The van der Waals surface area contributed by atoms with E-state index in [9.17, 15) is 4.39 Å². The number of hydrogen-bond donors (Lipinski definition) is 0. The summed E-state index contributed by atoms with van der Waals surface area (Å²) in [6.07, 6.45) is 5.82. The summed E-state index contributed by atoms with van der Waals surface area (Å²) in [7, 11) is 0. The topological polar surface area (TPSA) is 56.1 Å². The van der Waals surface area contributed by atoms with Crippen molar-refractivity contribution >= 4 is 11.3 Å². The maximum Gasteiger partial charge on any atom is 0.181 e. The maximum atomic E-state index is 13.8. The fourth-order valence-electron chi connectivity index (χ4n) is 5.21. The van der Waals surface area contributed by atoms with Crippen LogP contribution in [0.5, 0.6) is 0 Å². The molecule has 2 aromatic heterocycles. The number of fused-ring (bicyclic) bond motifs is 1. The number of hydrogen-bond acceptors (Lipinski definition) is 5. The van der Waals surface area contributed by atoms with Crippen LogP contribution in [-0.4, -0.2) is 32.0 Å². The molecule has 182 valence electrons. The van der Waals surface area contributed by atoms with Crippen LogP contribution in [0.4, 0.5) is 4.39 Å². The summed E-state index contributed by atoms with van der Waals surface area (Å²) in [6.45, 7) is 11.4. The predicted molar refractivity (Wildman–Crippen MR) is 134 cm³/mol. The molecule has 5 nitrogen and oxygen atoms in total. The van der Waals surface area contributed by atoms with Crippen LogP contribution in [0.1, 0.15) is 60.6 Å². The molecule has 3 aromatic rings. The van der Waals surface area contributed by atoms with Gasteiger partial charge in [0.2, 0.25) is 0 Å². The molecule has 4 unspecified atom stereocenters. The Morgan fingerprint density at radius 3 is 2.79 bits per heavy atom. The van der Waals surface area contributed by atoms with Crippen molar-refractivity contribution in [1.82, 2.24) is 19.7 Å².